The zero-order valence-corrected chi connectivity index (χ0v) is 19.0. The number of ether oxygens (including phenoxy) is 2. The number of aryl methyl sites for hydroxylation is 1. The predicted octanol–water partition coefficient (Wildman–Crippen LogP) is 2.77. The molecule has 0 spiro atoms. The molecule has 0 unspecified atom stereocenters. The van der Waals surface area contributed by atoms with Gasteiger partial charge in [0.05, 0.1) is 32.3 Å². The van der Waals surface area contributed by atoms with E-state index in [1.165, 1.54) is 25.4 Å². The van der Waals surface area contributed by atoms with E-state index in [4.69, 9.17) is 9.47 Å². The van der Waals surface area contributed by atoms with Gasteiger partial charge in [0.1, 0.15) is 4.90 Å². The Hall–Kier alpha value is -2.99. The summed E-state index contributed by atoms with van der Waals surface area (Å²) in [7, 11) is 0.664. The molecular formula is C20H25F2N5O4S. The Morgan fingerprint density at radius 1 is 1.09 bits per heavy atom. The number of rotatable bonds is 10. The molecule has 0 radical (unpaired) electrons. The number of halogens is 2. The summed E-state index contributed by atoms with van der Waals surface area (Å²) in [5.41, 5.74) is 1.37. The van der Waals surface area contributed by atoms with Crippen molar-refractivity contribution in [2.75, 3.05) is 20.8 Å². The third-order valence-electron chi connectivity index (χ3n) is 5.02. The highest BCUT2D eigenvalue weighted by molar-refractivity contribution is 7.89. The molecule has 32 heavy (non-hydrogen) atoms. The first kappa shape index (κ1) is 23.7. The van der Waals surface area contributed by atoms with Crippen LogP contribution in [0.25, 0.3) is 0 Å². The van der Waals surface area contributed by atoms with Crippen molar-refractivity contribution in [3.05, 3.63) is 53.6 Å². The van der Waals surface area contributed by atoms with E-state index in [-0.39, 0.29) is 23.7 Å². The first-order chi connectivity index (χ1) is 15.2. The van der Waals surface area contributed by atoms with Gasteiger partial charge in [-0.05, 0) is 31.0 Å². The van der Waals surface area contributed by atoms with Crippen LogP contribution in [0.5, 0.6) is 11.5 Å². The Morgan fingerprint density at radius 2 is 1.81 bits per heavy atom. The Balaban J connectivity index is 1.91. The number of alkyl halides is 2. The van der Waals surface area contributed by atoms with E-state index in [9.17, 15) is 17.2 Å². The molecule has 2 heterocycles. The maximum atomic E-state index is 13.4. The third kappa shape index (κ3) is 4.91. The molecule has 3 rings (SSSR count). The third-order valence-corrected chi connectivity index (χ3v) is 6.97. The number of sulfonamides is 1. The molecule has 0 fully saturated rings. The minimum absolute atomic E-state index is 0.0305. The molecule has 0 saturated carbocycles. The number of benzene rings is 1. The minimum Gasteiger partial charge on any atom is -0.493 e. The monoisotopic (exact) mass is 469 g/mol. The Bertz CT molecular complexity index is 1180. The maximum Gasteiger partial charge on any atom is 0.333 e. The molecule has 0 atom stereocenters. The van der Waals surface area contributed by atoms with E-state index in [1.807, 2.05) is 6.07 Å². The molecule has 2 aromatic heterocycles. The summed E-state index contributed by atoms with van der Waals surface area (Å²) in [4.78, 5) is -0.256. The van der Waals surface area contributed by atoms with Crippen LogP contribution in [0.4, 0.5) is 8.78 Å². The summed E-state index contributed by atoms with van der Waals surface area (Å²) in [6.45, 7) is -1.49. The first-order valence-corrected chi connectivity index (χ1v) is 11.1. The SMILES string of the molecule is COc1ccc(CCN(Cc2cnn(C)c2)S(=O)(=O)c2cnn(C(F)F)c2C)cc1OC. The van der Waals surface area contributed by atoms with E-state index in [0.29, 0.717) is 28.2 Å². The van der Waals surface area contributed by atoms with Crippen LogP contribution in [0.15, 0.2) is 41.7 Å². The second kappa shape index (κ2) is 9.65. The highest BCUT2D eigenvalue weighted by atomic mass is 32.2. The molecule has 1 aromatic carbocycles. The molecule has 0 aliphatic heterocycles. The lowest BCUT2D eigenvalue weighted by molar-refractivity contribution is 0.0541. The fourth-order valence-corrected chi connectivity index (χ4v) is 4.90. The van der Waals surface area contributed by atoms with Gasteiger partial charge in [-0.3, -0.25) is 4.68 Å². The van der Waals surface area contributed by atoms with Crippen LogP contribution in [-0.2, 0) is 30.0 Å². The zero-order chi connectivity index (χ0) is 23.5. The molecule has 0 aliphatic carbocycles. The Kier molecular flexibility index (Phi) is 7.14. The van der Waals surface area contributed by atoms with Crippen molar-refractivity contribution in [2.24, 2.45) is 7.05 Å². The van der Waals surface area contributed by atoms with E-state index < -0.39 is 16.6 Å². The summed E-state index contributed by atoms with van der Waals surface area (Å²) >= 11 is 0. The van der Waals surface area contributed by atoms with Gasteiger partial charge in [-0.15, -0.1) is 0 Å². The second-order valence-electron chi connectivity index (χ2n) is 7.12. The molecule has 174 valence electrons. The number of hydrogen-bond donors (Lipinski definition) is 0. The van der Waals surface area contributed by atoms with Gasteiger partial charge in [0.15, 0.2) is 11.5 Å². The maximum absolute atomic E-state index is 13.4. The second-order valence-corrected chi connectivity index (χ2v) is 9.02. The molecule has 0 amide bonds. The number of hydrogen-bond acceptors (Lipinski definition) is 6. The largest absolute Gasteiger partial charge is 0.493 e. The van der Waals surface area contributed by atoms with Gasteiger partial charge < -0.3 is 9.47 Å². The summed E-state index contributed by atoms with van der Waals surface area (Å²) in [5.74, 6) is 1.09. The molecule has 0 aliphatic rings. The van der Waals surface area contributed by atoms with Crippen LogP contribution in [0.2, 0.25) is 0 Å². The fraction of sp³-hybridized carbons (Fsp3) is 0.400. The molecule has 3 aromatic rings. The van der Waals surface area contributed by atoms with Gasteiger partial charge in [-0.1, -0.05) is 6.07 Å². The van der Waals surface area contributed by atoms with Gasteiger partial charge in [-0.2, -0.15) is 23.3 Å². The topological polar surface area (TPSA) is 91.5 Å². The smallest absolute Gasteiger partial charge is 0.333 e. The summed E-state index contributed by atoms with van der Waals surface area (Å²) in [5, 5.41) is 7.63. The summed E-state index contributed by atoms with van der Waals surface area (Å²) in [6, 6.07) is 5.33. The van der Waals surface area contributed by atoms with E-state index in [0.717, 1.165) is 11.8 Å². The fourth-order valence-electron chi connectivity index (χ4n) is 3.33. The quantitative estimate of drug-likeness (QED) is 0.454. The van der Waals surface area contributed by atoms with Crippen LogP contribution in [-0.4, -0.2) is 53.0 Å². The Morgan fingerprint density at radius 3 is 2.38 bits per heavy atom. The van der Waals surface area contributed by atoms with E-state index >= 15 is 0 Å². The van der Waals surface area contributed by atoms with Crippen molar-refractivity contribution >= 4 is 10.0 Å². The van der Waals surface area contributed by atoms with Crippen molar-refractivity contribution in [3.8, 4) is 11.5 Å². The van der Waals surface area contributed by atoms with Crippen molar-refractivity contribution in [3.63, 3.8) is 0 Å². The van der Waals surface area contributed by atoms with Crippen molar-refractivity contribution in [1.29, 1.82) is 0 Å². The van der Waals surface area contributed by atoms with Crippen LogP contribution < -0.4 is 9.47 Å². The van der Waals surface area contributed by atoms with Gasteiger partial charge >= 0.3 is 6.55 Å². The van der Waals surface area contributed by atoms with Crippen molar-refractivity contribution < 1.29 is 26.7 Å². The highest BCUT2D eigenvalue weighted by Gasteiger charge is 2.30. The molecule has 9 nitrogen and oxygen atoms in total. The standard InChI is InChI=1S/C20H25F2N5O4S/c1-14-19(11-24-27(14)20(21)22)32(28,29)26(13-16-10-23-25(2)12-16)8-7-15-5-6-17(30-3)18(9-15)31-4/h5-6,9-12,20H,7-8,13H2,1-4H3. The highest BCUT2D eigenvalue weighted by Crippen LogP contribution is 2.29. The van der Waals surface area contributed by atoms with E-state index in [1.54, 1.807) is 36.3 Å². The summed E-state index contributed by atoms with van der Waals surface area (Å²) < 4.78 is 66.8. The van der Waals surface area contributed by atoms with Gasteiger partial charge in [0.2, 0.25) is 10.0 Å². The number of nitrogens with zero attached hydrogens (tertiary/aromatic N) is 5. The molecule has 0 saturated heterocycles. The summed E-state index contributed by atoms with van der Waals surface area (Å²) in [6.07, 6.45) is 4.59. The molecule has 12 heteroatoms. The van der Waals surface area contributed by atoms with Gasteiger partial charge in [0.25, 0.3) is 0 Å². The zero-order valence-electron chi connectivity index (χ0n) is 18.2. The molecular weight excluding hydrogens is 444 g/mol. The van der Waals surface area contributed by atoms with Crippen molar-refractivity contribution in [2.45, 2.75) is 31.3 Å². The van der Waals surface area contributed by atoms with Gasteiger partial charge in [0, 0.05) is 31.9 Å². The van der Waals surface area contributed by atoms with Crippen LogP contribution in [0.3, 0.4) is 0 Å². The van der Waals surface area contributed by atoms with Gasteiger partial charge in [-0.25, -0.2) is 13.1 Å². The molecule has 0 bridgehead atoms. The number of methoxy groups -OCH3 is 2. The predicted molar refractivity (Wildman–Crippen MR) is 112 cm³/mol. The average Bonchev–Trinajstić information content (AvgIpc) is 3.36. The van der Waals surface area contributed by atoms with Crippen molar-refractivity contribution in [1.82, 2.24) is 23.9 Å². The lowest BCUT2D eigenvalue weighted by atomic mass is 10.1. The lowest BCUT2D eigenvalue weighted by Gasteiger charge is -2.22. The normalized spacial score (nSPS) is 12.0. The van der Waals surface area contributed by atoms with Crippen LogP contribution in [0, 0.1) is 6.92 Å². The minimum atomic E-state index is -4.11. The molecule has 0 N–H and O–H groups in total. The number of aromatic nitrogens is 4. The average molecular weight is 470 g/mol. The van der Waals surface area contributed by atoms with E-state index in [2.05, 4.69) is 10.2 Å². The van der Waals surface area contributed by atoms with Crippen LogP contribution in [0.1, 0.15) is 23.4 Å². The lowest BCUT2D eigenvalue weighted by Crippen LogP contribution is -2.33. The first-order valence-electron chi connectivity index (χ1n) is 9.68. The Labute approximate surface area is 185 Å². The van der Waals surface area contributed by atoms with Crippen LogP contribution >= 0.6 is 0 Å².